The molecule has 1 aromatic carbocycles. The molecule has 0 saturated carbocycles. The van der Waals surface area contributed by atoms with Crippen LogP contribution < -0.4 is 14.8 Å². The van der Waals surface area contributed by atoms with Gasteiger partial charge in [-0.15, -0.1) is 0 Å². The van der Waals surface area contributed by atoms with E-state index in [-0.39, 0.29) is 11.5 Å². The minimum absolute atomic E-state index is 0.163. The summed E-state index contributed by atoms with van der Waals surface area (Å²) in [4.78, 5) is 0. The lowest BCUT2D eigenvalue weighted by Gasteiger charge is -2.34. The fourth-order valence-electron chi connectivity index (χ4n) is 2.23. The smallest absolute Gasteiger partial charge is 0.127 e. The van der Waals surface area contributed by atoms with Gasteiger partial charge in [-0.1, -0.05) is 26.8 Å². The standard InChI is InChI=1S/C15H25NO2/c1-7-15(2,3)14(16-4)12-9-8-11(17-5)10-13(12)18-6/h8-10,14,16H,7H2,1-6H3. The maximum absolute atomic E-state index is 5.49. The Kier molecular flexibility index (Phi) is 5.03. The fourth-order valence-corrected chi connectivity index (χ4v) is 2.23. The van der Waals surface area contributed by atoms with E-state index in [0.29, 0.717) is 0 Å². The van der Waals surface area contributed by atoms with Crippen LogP contribution >= 0.6 is 0 Å². The number of nitrogens with one attached hydrogen (secondary N) is 1. The van der Waals surface area contributed by atoms with Gasteiger partial charge < -0.3 is 14.8 Å². The molecule has 0 saturated heterocycles. The van der Waals surface area contributed by atoms with Crippen molar-refractivity contribution in [1.29, 1.82) is 0 Å². The Bertz CT molecular complexity index is 388. The summed E-state index contributed by atoms with van der Waals surface area (Å²) >= 11 is 0. The third kappa shape index (κ3) is 2.96. The first-order valence-corrected chi connectivity index (χ1v) is 6.39. The second kappa shape index (κ2) is 6.10. The van der Waals surface area contributed by atoms with Gasteiger partial charge in [-0.25, -0.2) is 0 Å². The first kappa shape index (κ1) is 14.8. The molecule has 0 aliphatic carbocycles. The average Bonchev–Trinajstić information content (AvgIpc) is 2.39. The summed E-state index contributed by atoms with van der Waals surface area (Å²) < 4.78 is 10.7. The monoisotopic (exact) mass is 251 g/mol. The Hall–Kier alpha value is -1.22. The number of hydrogen-bond acceptors (Lipinski definition) is 3. The van der Waals surface area contributed by atoms with Crippen LogP contribution in [-0.2, 0) is 0 Å². The van der Waals surface area contributed by atoms with Crippen molar-refractivity contribution in [2.24, 2.45) is 5.41 Å². The minimum Gasteiger partial charge on any atom is -0.497 e. The molecule has 1 atom stereocenters. The van der Waals surface area contributed by atoms with Crippen LogP contribution in [0.3, 0.4) is 0 Å². The van der Waals surface area contributed by atoms with Crippen molar-refractivity contribution in [3.8, 4) is 11.5 Å². The summed E-state index contributed by atoms with van der Waals surface area (Å²) in [6, 6.07) is 6.25. The lowest BCUT2D eigenvalue weighted by Crippen LogP contribution is -2.31. The highest BCUT2D eigenvalue weighted by Crippen LogP contribution is 2.40. The van der Waals surface area contributed by atoms with Crippen molar-refractivity contribution in [3.05, 3.63) is 23.8 Å². The van der Waals surface area contributed by atoms with Gasteiger partial charge in [0, 0.05) is 17.7 Å². The lowest BCUT2D eigenvalue weighted by molar-refractivity contribution is 0.239. The Balaban J connectivity index is 3.21. The molecule has 1 unspecified atom stereocenters. The molecular weight excluding hydrogens is 226 g/mol. The van der Waals surface area contributed by atoms with Crippen LogP contribution in [0.1, 0.15) is 38.8 Å². The summed E-state index contributed by atoms with van der Waals surface area (Å²) in [5, 5.41) is 3.40. The number of ether oxygens (including phenoxy) is 2. The van der Waals surface area contributed by atoms with Crippen LogP contribution in [-0.4, -0.2) is 21.3 Å². The zero-order chi connectivity index (χ0) is 13.8. The van der Waals surface area contributed by atoms with E-state index in [9.17, 15) is 0 Å². The Morgan fingerprint density at radius 2 is 1.89 bits per heavy atom. The number of benzene rings is 1. The molecule has 1 rings (SSSR count). The van der Waals surface area contributed by atoms with Crippen LogP contribution in [0.15, 0.2) is 18.2 Å². The van der Waals surface area contributed by atoms with Gasteiger partial charge in [0.15, 0.2) is 0 Å². The van der Waals surface area contributed by atoms with E-state index >= 15 is 0 Å². The van der Waals surface area contributed by atoms with Gasteiger partial charge in [-0.2, -0.15) is 0 Å². The summed E-state index contributed by atoms with van der Waals surface area (Å²) in [7, 11) is 5.36. The molecule has 0 bridgehead atoms. The third-order valence-corrected chi connectivity index (χ3v) is 3.73. The summed E-state index contributed by atoms with van der Waals surface area (Å²) in [6.07, 6.45) is 1.09. The summed E-state index contributed by atoms with van der Waals surface area (Å²) in [5.74, 6) is 1.69. The zero-order valence-corrected chi connectivity index (χ0v) is 12.3. The predicted molar refractivity (Wildman–Crippen MR) is 75.4 cm³/mol. The molecule has 18 heavy (non-hydrogen) atoms. The highest BCUT2D eigenvalue weighted by atomic mass is 16.5. The highest BCUT2D eigenvalue weighted by Gasteiger charge is 2.30. The van der Waals surface area contributed by atoms with E-state index in [1.807, 2.05) is 19.2 Å². The Labute approximate surface area is 110 Å². The summed E-state index contributed by atoms with van der Waals surface area (Å²) in [6.45, 7) is 6.73. The molecule has 0 fully saturated rings. The average molecular weight is 251 g/mol. The van der Waals surface area contributed by atoms with Gasteiger partial charge in [0.2, 0.25) is 0 Å². The van der Waals surface area contributed by atoms with Crippen molar-refractivity contribution in [2.45, 2.75) is 33.2 Å². The number of rotatable bonds is 6. The van der Waals surface area contributed by atoms with Crippen molar-refractivity contribution in [1.82, 2.24) is 5.32 Å². The van der Waals surface area contributed by atoms with E-state index < -0.39 is 0 Å². The maximum Gasteiger partial charge on any atom is 0.127 e. The number of methoxy groups -OCH3 is 2. The van der Waals surface area contributed by atoms with Gasteiger partial charge >= 0.3 is 0 Å². The Morgan fingerprint density at radius 1 is 1.22 bits per heavy atom. The van der Waals surface area contributed by atoms with Gasteiger partial charge in [0.05, 0.1) is 14.2 Å². The minimum atomic E-state index is 0.163. The van der Waals surface area contributed by atoms with E-state index in [1.165, 1.54) is 5.56 Å². The first-order valence-electron chi connectivity index (χ1n) is 6.39. The quantitative estimate of drug-likeness (QED) is 0.840. The van der Waals surface area contributed by atoms with Crippen molar-refractivity contribution >= 4 is 0 Å². The van der Waals surface area contributed by atoms with E-state index in [1.54, 1.807) is 14.2 Å². The normalized spacial score (nSPS) is 13.2. The van der Waals surface area contributed by atoms with Crippen LogP contribution in [0.25, 0.3) is 0 Å². The van der Waals surface area contributed by atoms with E-state index in [0.717, 1.165) is 17.9 Å². The number of hydrogen-bond donors (Lipinski definition) is 1. The first-order chi connectivity index (χ1) is 8.50. The SMILES string of the molecule is CCC(C)(C)C(NC)c1ccc(OC)cc1OC. The molecule has 1 N–H and O–H groups in total. The van der Waals surface area contributed by atoms with Gasteiger partial charge in [-0.05, 0) is 24.9 Å². The lowest BCUT2D eigenvalue weighted by atomic mass is 9.78. The maximum atomic E-state index is 5.49. The summed E-state index contributed by atoms with van der Waals surface area (Å²) in [5.41, 5.74) is 1.34. The van der Waals surface area contributed by atoms with Crippen LogP contribution in [0, 0.1) is 5.41 Å². The van der Waals surface area contributed by atoms with Gasteiger partial charge in [-0.3, -0.25) is 0 Å². The van der Waals surface area contributed by atoms with Gasteiger partial charge in [0.25, 0.3) is 0 Å². The molecule has 3 heteroatoms. The molecule has 0 aliphatic heterocycles. The predicted octanol–water partition coefficient (Wildman–Crippen LogP) is 3.40. The van der Waals surface area contributed by atoms with Gasteiger partial charge in [0.1, 0.15) is 11.5 Å². The molecule has 0 radical (unpaired) electrons. The molecule has 0 amide bonds. The van der Waals surface area contributed by atoms with E-state index in [2.05, 4.69) is 32.2 Å². The zero-order valence-electron chi connectivity index (χ0n) is 12.3. The van der Waals surface area contributed by atoms with Crippen molar-refractivity contribution in [3.63, 3.8) is 0 Å². The molecule has 0 spiro atoms. The fraction of sp³-hybridized carbons (Fsp3) is 0.600. The topological polar surface area (TPSA) is 30.5 Å². The second-order valence-electron chi connectivity index (χ2n) is 5.17. The molecule has 0 aliphatic rings. The molecule has 3 nitrogen and oxygen atoms in total. The van der Waals surface area contributed by atoms with Crippen LogP contribution in [0.4, 0.5) is 0 Å². The largest absolute Gasteiger partial charge is 0.497 e. The Morgan fingerprint density at radius 3 is 2.33 bits per heavy atom. The molecule has 1 aromatic rings. The van der Waals surface area contributed by atoms with Crippen molar-refractivity contribution in [2.75, 3.05) is 21.3 Å². The third-order valence-electron chi connectivity index (χ3n) is 3.73. The molecule has 0 heterocycles. The van der Waals surface area contributed by atoms with E-state index in [4.69, 9.17) is 9.47 Å². The van der Waals surface area contributed by atoms with Crippen molar-refractivity contribution < 1.29 is 9.47 Å². The van der Waals surface area contributed by atoms with Crippen LogP contribution in [0.5, 0.6) is 11.5 Å². The molecular formula is C15H25NO2. The molecule has 102 valence electrons. The molecule has 0 aromatic heterocycles. The highest BCUT2D eigenvalue weighted by molar-refractivity contribution is 5.43. The van der Waals surface area contributed by atoms with Crippen LogP contribution in [0.2, 0.25) is 0 Å². The second-order valence-corrected chi connectivity index (χ2v) is 5.17.